The number of nitrogens with one attached hydrogen (secondary N) is 1. The predicted molar refractivity (Wildman–Crippen MR) is 81.0 cm³/mol. The minimum Gasteiger partial charge on any atom is -0.366 e. The number of hydrogen-bond donors (Lipinski definition) is 1. The van der Waals surface area contributed by atoms with Crippen LogP contribution in [0.3, 0.4) is 0 Å². The lowest BCUT2D eigenvalue weighted by Crippen LogP contribution is -2.26. The van der Waals surface area contributed by atoms with Crippen LogP contribution in [-0.2, 0) is 0 Å². The molecule has 1 aliphatic rings. The summed E-state index contributed by atoms with van der Waals surface area (Å²) in [6, 6.07) is 2.64. The SMILES string of the molecule is CCCC1CCC(Nc2nccc(C)c2Br)CC1. The van der Waals surface area contributed by atoms with Crippen LogP contribution < -0.4 is 5.32 Å². The molecule has 0 amide bonds. The zero-order chi connectivity index (χ0) is 13.0. The fourth-order valence-corrected chi connectivity index (χ4v) is 3.19. The maximum Gasteiger partial charge on any atom is 0.140 e. The fraction of sp³-hybridized carbons (Fsp3) is 0.667. The first-order valence-electron chi connectivity index (χ1n) is 7.08. The van der Waals surface area contributed by atoms with Crippen LogP contribution in [-0.4, -0.2) is 11.0 Å². The van der Waals surface area contributed by atoms with Gasteiger partial charge in [-0.15, -0.1) is 0 Å². The number of nitrogens with zero attached hydrogens (tertiary/aromatic N) is 1. The van der Waals surface area contributed by atoms with Crippen molar-refractivity contribution < 1.29 is 0 Å². The van der Waals surface area contributed by atoms with Gasteiger partial charge in [0, 0.05) is 12.2 Å². The second-order valence-electron chi connectivity index (χ2n) is 5.44. The van der Waals surface area contributed by atoms with Crippen molar-refractivity contribution in [3.8, 4) is 0 Å². The van der Waals surface area contributed by atoms with Crippen LogP contribution in [0.25, 0.3) is 0 Å². The predicted octanol–water partition coefficient (Wildman–Crippen LogP) is 4.92. The third kappa shape index (κ3) is 3.47. The van der Waals surface area contributed by atoms with E-state index in [1.807, 2.05) is 12.3 Å². The van der Waals surface area contributed by atoms with Gasteiger partial charge in [0.1, 0.15) is 5.82 Å². The summed E-state index contributed by atoms with van der Waals surface area (Å²) in [5.74, 6) is 1.97. The molecule has 0 bridgehead atoms. The van der Waals surface area contributed by atoms with Gasteiger partial charge in [0.2, 0.25) is 0 Å². The van der Waals surface area contributed by atoms with Crippen LogP contribution in [0.1, 0.15) is 51.0 Å². The lowest BCUT2D eigenvalue weighted by atomic mass is 9.83. The van der Waals surface area contributed by atoms with Crippen molar-refractivity contribution in [1.82, 2.24) is 4.98 Å². The van der Waals surface area contributed by atoms with E-state index in [2.05, 4.69) is 40.1 Å². The molecule has 1 aliphatic carbocycles. The van der Waals surface area contributed by atoms with E-state index in [-0.39, 0.29) is 0 Å². The molecule has 0 aromatic carbocycles. The Morgan fingerprint density at radius 2 is 2.06 bits per heavy atom. The van der Waals surface area contributed by atoms with Crippen LogP contribution in [0.15, 0.2) is 16.7 Å². The number of aromatic nitrogens is 1. The van der Waals surface area contributed by atoms with Crippen molar-refractivity contribution in [2.24, 2.45) is 5.92 Å². The lowest BCUT2D eigenvalue weighted by molar-refractivity contribution is 0.318. The van der Waals surface area contributed by atoms with E-state index >= 15 is 0 Å². The van der Waals surface area contributed by atoms with Gasteiger partial charge in [-0.05, 0) is 66.1 Å². The first kappa shape index (κ1) is 13.9. The number of aryl methyl sites for hydroxylation is 1. The summed E-state index contributed by atoms with van der Waals surface area (Å²) < 4.78 is 1.11. The molecule has 1 aromatic heterocycles. The quantitative estimate of drug-likeness (QED) is 0.853. The summed E-state index contributed by atoms with van der Waals surface area (Å²) in [5.41, 5.74) is 1.24. The second-order valence-corrected chi connectivity index (χ2v) is 6.23. The zero-order valence-corrected chi connectivity index (χ0v) is 13.0. The second kappa shape index (κ2) is 6.55. The minimum atomic E-state index is 0.601. The molecule has 0 spiro atoms. The Labute approximate surface area is 119 Å². The van der Waals surface area contributed by atoms with Gasteiger partial charge in [0.15, 0.2) is 0 Å². The van der Waals surface area contributed by atoms with E-state index in [1.165, 1.54) is 44.1 Å². The number of anilines is 1. The Morgan fingerprint density at radius 1 is 1.33 bits per heavy atom. The van der Waals surface area contributed by atoms with Crippen molar-refractivity contribution >= 4 is 21.7 Å². The van der Waals surface area contributed by atoms with E-state index in [0.717, 1.165) is 16.2 Å². The summed E-state index contributed by atoms with van der Waals surface area (Å²) in [4.78, 5) is 4.43. The van der Waals surface area contributed by atoms with Crippen LogP contribution in [0.2, 0.25) is 0 Å². The van der Waals surface area contributed by atoms with Gasteiger partial charge in [-0.3, -0.25) is 0 Å². The Kier molecular flexibility index (Phi) is 5.04. The Balaban J connectivity index is 1.90. The van der Waals surface area contributed by atoms with Gasteiger partial charge in [-0.2, -0.15) is 0 Å². The van der Waals surface area contributed by atoms with E-state index in [1.54, 1.807) is 0 Å². The molecule has 0 atom stereocenters. The van der Waals surface area contributed by atoms with Crippen molar-refractivity contribution in [2.75, 3.05) is 5.32 Å². The summed E-state index contributed by atoms with van der Waals surface area (Å²) >= 11 is 3.62. The smallest absolute Gasteiger partial charge is 0.140 e. The van der Waals surface area contributed by atoms with Crippen molar-refractivity contribution in [3.63, 3.8) is 0 Å². The van der Waals surface area contributed by atoms with Gasteiger partial charge >= 0.3 is 0 Å². The molecule has 18 heavy (non-hydrogen) atoms. The van der Waals surface area contributed by atoms with Crippen LogP contribution in [0.5, 0.6) is 0 Å². The van der Waals surface area contributed by atoms with Gasteiger partial charge in [0.25, 0.3) is 0 Å². The molecular weight excluding hydrogens is 288 g/mol. The molecule has 1 fully saturated rings. The standard InChI is InChI=1S/C15H23BrN2/c1-3-4-12-5-7-13(8-6-12)18-15-14(16)11(2)9-10-17-15/h9-10,12-13H,3-8H2,1-2H3,(H,17,18). The van der Waals surface area contributed by atoms with E-state index in [9.17, 15) is 0 Å². The Morgan fingerprint density at radius 3 is 2.72 bits per heavy atom. The van der Waals surface area contributed by atoms with Gasteiger partial charge < -0.3 is 5.32 Å². The van der Waals surface area contributed by atoms with E-state index < -0.39 is 0 Å². The molecule has 1 N–H and O–H groups in total. The molecule has 0 aliphatic heterocycles. The van der Waals surface area contributed by atoms with Crippen molar-refractivity contribution in [3.05, 3.63) is 22.3 Å². The highest BCUT2D eigenvalue weighted by molar-refractivity contribution is 9.10. The molecule has 100 valence electrons. The largest absolute Gasteiger partial charge is 0.366 e. The highest BCUT2D eigenvalue weighted by Gasteiger charge is 2.21. The van der Waals surface area contributed by atoms with Crippen molar-refractivity contribution in [1.29, 1.82) is 0 Å². The summed E-state index contributed by atoms with van der Waals surface area (Å²) in [7, 11) is 0. The fourth-order valence-electron chi connectivity index (χ4n) is 2.84. The maximum absolute atomic E-state index is 4.43. The molecule has 0 radical (unpaired) electrons. The highest BCUT2D eigenvalue weighted by atomic mass is 79.9. The average Bonchev–Trinajstić information content (AvgIpc) is 2.38. The topological polar surface area (TPSA) is 24.9 Å². The van der Waals surface area contributed by atoms with Gasteiger partial charge in [-0.25, -0.2) is 4.98 Å². The summed E-state index contributed by atoms with van der Waals surface area (Å²) in [6.07, 6.45) is 9.92. The van der Waals surface area contributed by atoms with Crippen LogP contribution in [0, 0.1) is 12.8 Å². The lowest BCUT2D eigenvalue weighted by Gasteiger charge is -2.29. The van der Waals surface area contributed by atoms with Crippen LogP contribution >= 0.6 is 15.9 Å². The number of rotatable bonds is 4. The van der Waals surface area contributed by atoms with Gasteiger partial charge in [-0.1, -0.05) is 19.8 Å². The molecule has 2 rings (SSSR count). The molecule has 1 saturated carbocycles. The summed E-state index contributed by atoms with van der Waals surface area (Å²) in [6.45, 7) is 4.40. The van der Waals surface area contributed by atoms with E-state index in [0.29, 0.717) is 6.04 Å². The highest BCUT2D eigenvalue weighted by Crippen LogP contribution is 2.31. The Bertz CT molecular complexity index is 384. The normalized spacial score (nSPS) is 23.9. The molecule has 0 unspecified atom stereocenters. The molecule has 1 aromatic rings. The monoisotopic (exact) mass is 310 g/mol. The first-order valence-corrected chi connectivity index (χ1v) is 7.87. The number of pyridine rings is 1. The maximum atomic E-state index is 4.43. The van der Waals surface area contributed by atoms with Crippen LogP contribution in [0.4, 0.5) is 5.82 Å². The first-order chi connectivity index (χ1) is 8.70. The zero-order valence-electron chi connectivity index (χ0n) is 11.4. The minimum absolute atomic E-state index is 0.601. The number of halogens is 1. The number of hydrogen-bond acceptors (Lipinski definition) is 2. The summed E-state index contributed by atoms with van der Waals surface area (Å²) in [5, 5.41) is 3.59. The van der Waals surface area contributed by atoms with Gasteiger partial charge in [0.05, 0.1) is 4.47 Å². The average molecular weight is 311 g/mol. The molecule has 1 heterocycles. The third-order valence-corrected chi connectivity index (χ3v) is 4.97. The van der Waals surface area contributed by atoms with E-state index in [4.69, 9.17) is 0 Å². The third-order valence-electron chi connectivity index (χ3n) is 3.97. The molecule has 2 nitrogen and oxygen atoms in total. The molecule has 3 heteroatoms. The molecular formula is C15H23BrN2. The molecule has 0 saturated heterocycles. The van der Waals surface area contributed by atoms with Crippen molar-refractivity contribution in [2.45, 2.75) is 58.4 Å². The Hall–Kier alpha value is -0.570.